The van der Waals surface area contributed by atoms with Crippen molar-refractivity contribution in [3.63, 3.8) is 0 Å². The van der Waals surface area contributed by atoms with Crippen molar-refractivity contribution in [1.29, 1.82) is 0 Å². The molecule has 29 heavy (non-hydrogen) atoms. The average Bonchev–Trinajstić information content (AvgIpc) is 2.71. The standard InChI is InChI=1S/C23H25ClFNO3/c1-16-4-5-18(15-20(16)24)22(28)23(29)10-13-26(14-11-23)12-2-3-21(27)17-6-8-19(25)9-7-17/h2-9,15,21,27,29H,10-14H2,1H3. The molecule has 1 aliphatic rings. The van der Waals surface area contributed by atoms with Gasteiger partial charge in [0.2, 0.25) is 0 Å². The molecule has 0 amide bonds. The van der Waals surface area contributed by atoms with Crippen molar-refractivity contribution < 1.29 is 19.4 Å². The van der Waals surface area contributed by atoms with Gasteiger partial charge in [0.1, 0.15) is 11.4 Å². The van der Waals surface area contributed by atoms with Crippen LogP contribution >= 0.6 is 11.6 Å². The Balaban J connectivity index is 1.53. The minimum atomic E-state index is -1.38. The molecule has 0 aromatic heterocycles. The number of benzene rings is 2. The smallest absolute Gasteiger partial charge is 0.194 e. The van der Waals surface area contributed by atoms with Gasteiger partial charge in [-0.15, -0.1) is 0 Å². The van der Waals surface area contributed by atoms with Gasteiger partial charge in [0, 0.05) is 30.2 Å². The van der Waals surface area contributed by atoms with E-state index in [0.717, 1.165) is 5.56 Å². The third kappa shape index (κ3) is 5.31. The summed E-state index contributed by atoms with van der Waals surface area (Å²) in [6.45, 7) is 3.60. The van der Waals surface area contributed by atoms with Crippen LogP contribution in [-0.4, -0.2) is 46.1 Å². The Morgan fingerprint density at radius 3 is 2.52 bits per heavy atom. The van der Waals surface area contributed by atoms with Crippen molar-refractivity contribution in [2.45, 2.75) is 31.5 Å². The van der Waals surface area contributed by atoms with Gasteiger partial charge < -0.3 is 10.2 Å². The van der Waals surface area contributed by atoms with Crippen LogP contribution in [0.1, 0.15) is 40.4 Å². The van der Waals surface area contributed by atoms with Crippen molar-refractivity contribution in [2.75, 3.05) is 19.6 Å². The summed E-state index contributed by atoms with van der Waals surface area (Å²) in [6.07, 6.45) is 3.38. The summed E-state index contributed by atoms with van der Waals surface area (Å²) in [4.78, 5) is 14.9. The summed E-state index contributed by atoms with van der Waals surface area (Å²) in [6, 6.07) is 10.8. The molecule has 1 saturated heterocycles. The van der Waals surface area contributed by atoms with Gasteiger partial charge in [0.05, 0.1) is 6.10 Å². The lowest BCUT2D eigenvalue weighted by Gasteiger charge is -2.36. The Bertz CT molecular complexity index is 889. The Labute approximate surface area is 175 Å². The Hall–Kier alpha value is -2.05. The molecule has 0 bridgehead atoms. The average molecular weight is 418 g/mol. The first-order valence-corrected chi connectivity index (χ1v) is 10.0. The second-order valence-electron chi connectivity index (χ2n) is 7.55. The van der Waals surface area contributed by atoms with E-state index in [1.807, 2.05) is 13.0 Å². The summed E-state index contributed by atoms with van der Waals surface area (Å²) in [7, 11) is 0. The van der Waals surface area contributed by atoms with Gasteiger partial charge >= 0.3 is 0 Å². The van der Waals surface area contributed by atoms with E-state index in [1.54, 1.807) is 36.4 Å². The molecule has 1 aliphatic heterocycles. The molecule has 2 aromatic carbocycles. The van der Waals surface area contributed by atoms with E-state index in [0.29, 0.717) is 48.6 Å². The molecule has 1 heterocycles. The number of Topliss-reactive ketones (excluding diaryl/α,β-unsaturated/α-hetero) is 1. The van der Waals surface area contributed by atoms with Crippen LogP contribution in [0.4, 0.5) is 4.39 Å². The van der Waals surface area contributed by atoms with Gasteiger partial charge in [0.15, 0.2) is 5.78 Å². The van der Waals surface area contributed by atoms with Gasteiger partial charge in [-0.25, -0.2) is 4.39 Å². The maximum absolute atomic E-state index is 13.0. The van der Waals surface area contributed by atoms with Gasteiger partial charge in [0.25, 0.3) is 0 Å². The SMILES string of the molecule is Cc1ccc(C(=O)C2(O)CCN(CC=CC(O)c3ccc(F)cc3)CC2)cc1Cl. The van der Waals surface area contributed by atoms with Crippen LogP contribution in [-0.2, 0) is 0 Å². The Morgan fingerprint density at radius 1 is 1.24 bits per heavy atom. The molecule has 2 aromatic rings. The first kappa shape index (κ1) is 21.7. The number of carbonyl (C=O) groups is 1. The summed E-state index contributed by atoms with van der Waals surface area (Å²) in [5.41, 5.74) is 0.559. The van der Waals surface area contributed by atoms with Crippen LogP contribution in [0.15, 0.2) is 54.6 Å². The first-order valence-electron chi connectivity index (χ1n) is 9.64. The van der Waals surface area contributed by atoms with E-state index < -0.39 is 11.7 Å². The van der Waals surface area contributed by atoms with Gasteiger partial charge in [-0.3, -0.25) is 9.69 Å². The zero-order valence-corrected chi connectivity index (χ0v) is 17.1. The molecule has 6 heteroatoms. The fraction of sp³-hybridized carbons (Fsp3) is 0.348. The second-order valence-corrected chi connectivity index (χ2v) is 7.96. The number of aliphatic hydroxyl groups excluding tert-OH is 1. The summed E-state index contributed by atoms with van der Waals surface area (Å²) >= 11 is 6.11. The summed E-state index contributed by atoms with van der Waals surface area (Å²) in [5.74, 6) is -0.630. The van der Waals surface area contributed by atoms with E-state index >= 15 is 0 Å². The Kier molecular flexibility index (Phi) is 6.85. The highest BCUT2D eigenvalue weighted by Gasteiger charge is 2.39. The lowest BCUT2D eigenvalue weighted by molar-refractivity contribution is -0.00439. The predicted octanol–water partition coefficient (Wildman–Crippen LogP) is 4.09. The highest BCUT2D eigenvalue weighted by Crippen LogP contribution is 2.28. The zero-order chi connectivity index (χ0) is 21.0. The molecule has 1 atom stereocenters. The molecule has 2 N–H and O–H groups in total. The molecule has 0 saturated carbocycles. The van der Waals surface area contributed by atoms with Gasteiger partial charge in [-0.1, -0.05) is 48.0 Å². The topological polar surface area (TPSA) is 60.8 Å². The van der Waals surface area contributed by atoms with Crippen LogP contribution in [0, 0.1) is 12.7 Å². The molecule has 1 fully saturated rings. The van der Waals surface area contributed by atoms with Crippen molar-refractivity contribution in [3.05, 3.63) is 82.1 Å². The number of aryl methyl sites for hydroxylation is 1. The minimum absolute atomic E-state index is 0.290. The van der Waals surface area contributed by atoms with E-state index in [2.05, 4.69) is 4.90 Å². The molecule has 0 radical (unpaired) electrons. The van der Waals surface area contributed by atoms with Crippen LogP contribution in [0.2, 0.25) is 5.02 Å². The number of aliphatic hydroxyl groups is 2. The number of halogens is 2. The fourth-order valence-corrected chi connectivity index (χ4v) is 3.63. The van der Waals surface area contributed by atoms with E-state index in [9.17, 15) is 19.4 Å². The molecule has 1 unspecified atom stereocenters. The number of hydrogen-bond donors (Lipinski definition) is 2. The molecule has 3 rings (SSSR count). The highest BCUT2D eigenvalue weighted by molar-refractivity contribution is 6.31. The molecule has 0 aliphatic carbocycles. The zero-order valence-electron chi connectivity index (χ0n) is 16.3. The summed E-state index contributed by atoms with van der Waals surface area (Å²) < 4.78 is 13.0. The van der Waals surface area contributed by atoms with Crippen molar-refractivity contribution >= 4 is 17.4 Å². The number of ketones is 1. The maximum Gasteiger partial charge on any atom is 0.194 e. The number of rotatable bonds is 6. The van der Waals surface area contributed by atoms with Crippen LogP contribution in [0.25, 0.3) is 0 Å². The number of carbonyl (C=O) groups excluding carboxylic acids is 1. The normalized spacial score (nSPS) is 18.1. The fourth-order valence-electron chi connectivity index (χ4n) is 3.45. The van der Waals surface area contributed by atoms with Crippen LogP contribution < -0.4 is 0 Å². The van der Waals surface area contributed by atoms with Crippen LogP contribution in [0.5, 0.6) is 0 Å². The van der Waals surface area contributed by atoms with Gasteiger partial charge in [-0.05, 0) is 49.1 Å². The second kappa shape index (κ2) is 9.18. The number of likely N-dealkylation sites (tertiary alicyclic amines) is 1. The van der Waals surface area contributed by atoms with Crippen LogP contribution in [0.3, 0.4) is 0 Å². The molecule has 4 nitrogen and oxygen atoms in total. The van der Waals surface area contributed by atoms with Gasteiger partial charge in [-0.2, -0.15) is 0 Å². The number of piperidine rings is 1. The molecular weight excluding hydrogens is 393 g/mol. The van der Waals surface area contributed by atoms with Crippen molar-refractivity contribution in [3.8, 4) is 0 Å². The number of hydrogen-bond acceptors (Lipinski definition) is 4. The Morgan fingerprint density at radius 2 is 1.90 bits per heavy atom. The van der Waals surface area contributed by atoms with E-state index in [1.165, 1.54) is 12.1 Å². The largest absolute Gasteiger partial charge is 0.384 e. The predicted molar refractivity (Wildman–Crippen MR) is 112 cm³/mol. The van der Waals surface area contributed by atoms with Crippen molar-refractivity contribution in [2.24, 2.45) is 0 Å². The summed E-state index contributed by atoms with van der Waals surface area (Å²) in [5, 5.41) is 21.5. The maximum atomic E-state index is 13.0. The third-order valence-corrected chi connectivity index (χ3v) is 5.84. The monoisotopic (exact) mass is 417 g/mol. The van der Waals surface area contributed by atoms with E-state index in [4.69, 9.17) is 11.6 Å². The minimum Gasteiger partial charge on any atom is -0.384 e. The molecule has 154 valence electrons. The lowest BCUT2D eigenvalue weighted by atomic mass is 9.84. The van der Waals surface area contributed by atoms with Crippen molar-refractivity contribution in [1.82, 2.24) is 4.90 Å². The molecule has 0 spiro atoms. The van der Waals surface area contributed by atoms with E-state index in [-0.39, 0.29) is 11.6 Å². The lowest BCUT2D eigenvalue weighted by Crippen LogP contribution is -2.49. The number of nitrogens with zero attached hydrogens (tertiary/aromatic N) is 1. The first-order chi connectivity index (χ1) is 13.8. The highest BCUT2D eigenvalue weighted by atomic mass is 35.5. The third-order valence-electron chi connectivity index (χ3n) is 5.43. The molecular formula is C23H25ClFNO3. The quantitative estimate of drug-likeness (QED) is 0.549.